The number of hydrogen-bond acceptors (Lipinski definition) is 4. The third-order valence-electron chi connectivity index (χ3n) is 2.49. The van der Waals surface area contributed by atoms with E-state index in [1.807, 2.05) is 20.8 Å². The van der Waals surface area contributed by atoms with Crippen molar-refractivity contribution in [2.24, 2.45) is 0 Å². The number of carbonyl (C=O) groups excluding carboxylic acids is 2. The lowest BCUT2D eigenvalue weighted by molar-refractivity contribution is -0.122. The first-order valence-electron chi connectivity index (χ1n) is 6.54. The third kappa shape index (κ3) is 5.26. The molecule has 0 atom stereocenters. The Morgan fingerprint density at radius 3 is 2.60 bits per heavy atom. The highest BCUT2D eigenvalue weighted by Crippen LogP contribution is 2.11. The molecule has 0 fully saturated rings. The van der Waals surface area contributed by atoms with E-state index in [1.165, 1.54) is 0 Å². The summed E-state index contributed by atoms with van der Waals surface area (Å²) in [6.07, 6.45) is 3.40. The molecule has 0 aliphatic rings. The molecule has 6 nitrogen and oxygen atoms in total. The van der Waals surface area contributed by atoms with E-state index in [1.54, 1.807) is 25.5 Å². The molecule has 110 valence electrons. The Morgan fingerprint density at radius 2 is 2.00 bits per heavy atom. The molecule has 3 N–H and O–H groups in total. The van der Waals surface area contributed by atoms with Gasteiger partial charge in [-0.05, 0) is 26.8 Å². The summed E-state index contributed by atoms with van der Waals surface area (Å²) in [5.74, 6) is -0.304. The van der Waals surface area contributed by atoms with Crippen LogP contribution in [-0.4, -0.2) is 35.9 Å². The average molecular weight is 278 g/mol. The van der Waals surface area contributed by atoms with Crippen molar-refractivity contribution in [3.8, 4) is 0 Å². The molecule has 0 spiro atoms. The Labute approximate surface area is 119 Å². The molecular formula is C14H22N4O2. The molecule has 1 aromatic rings. The van der Waals surface area contributed by atoms with Gasteiger partial charge in [-0.1, -0.05) is 0 Å². The SMILES string of the molecule is CNc1cnccc1C(=O)NCCC(=O)NC(C)(C)C. The summed E-state index contributed by atoms with van der Waals surface area (Å²) in [6.45, 7) is 6.05. The number of nitrogens with zero attached hydrogens (tertiary/aromatic N) is 1. The second-order valence-corrected chi connectivity index (χ2v) is 5.48. The molecule has 20 heavy (non-hydrogen) atoms. The monoisotopic (exact) mass is 278 g/mol. The Bertz CT molecular complexity index is 480. The fourth-order valence-electron chi connectivity index (χ4n) is 1.66. The minimum atomic E-state index is -0.258. The minimum Gasteiger partial charge on any atom is -0.386 e. The van der Waals surface area contributed by atoms with Crippen molar-refractivity contribution in [3.05, 3.63) is 24.0 Å². The van der Waals surface area contributed by atoms with Crippen molar-refractivity contribution in [1.29, 1.82) is 0 Å². The van der Waals surface area contributed by atoms with E-state index in [4.69, 9.17) is 0 Å². The highest BCUT2D eigenvalue weighted by molar-refractivity contribution is 5.99. The number of pyridine rings is 1. The average Bonchev–Trinajstić information content (AvgIpc) is 2.36. The number of carbonyl (C=O) groups is 2. The fraction of sp³-hybridized carbons (Fsp3) is 0.500. The van der Waals surface area contributed by atoms with Crippen molar-refractivity contribution < 1.29 is 9.59 Å². The molecule has 2 amide bonds. The lowest BCUT2D eigenvalue weighted by atomic mass is 10.1. The number of rotatable bonds is 5. The van der Waals surface area contributed by atoms with E-state index in [2.05, 4.69) is 20.9 Å². The van der Waals surface area contributed by atoms with Gasteiger partial charge in [-0.2, -0.15) is 0 Å². The number of nitrogens with one attached hydrogen (secondary N) is 3. The molecule has 1 aromatic heterocycles. The maximum Gasteiger partial charge on any atom is 0.253 e. The van der Waals surface area contributed by atoms with Crippen molar-refractivity contribution in [2.75, 3.05) is 18.9 Å². The molecule has 0 unspecified atom stereocenters. The van der Waals surface area contributed by atoms with E-state index in [0.29, 0.717) is 17.8 Å². The molecular weight excluding hydrogens is 256 g/mol. The first-order chi connectivity index (χ1) is 9.33. The molecule has 6 heteroatoms. The number of hydrogen-bond donors (Lipinski definition) is 3. The Balaban J connectivity index is 2.46. The van der Waals surface area contributed by atoms with Crippen molar-refractivity contribution in [2.45, 2.75) is 32.7 Å². The zero-order chi connectivity index (χ0) is 15.2. The first kappa shape index (κ1) is 15.9. The van der Waals surface area contributed by atoms with Crippen molar-refractivity contribution in [1.82, 2.24) is 15.6 Å². The van der Waals surface area contributed by atoms with Gasteiger partial charge in [0.2, 0.25) is 5.91 Å². The van der Waals surface area contributed by atoms with E-state index >= 15 is 0 Å². The van der Waals surface area contributed by atoms with Crippen LogP contribution >= 0.6 is 0 Å². The van der Waals surface area contributed by atoms with Gasteiger partial charge in [0.15, 0.2) is 0 Å². The van der Waals surface area contributed by atoms with Gasteiger partial charge < -0.3 is 16.0 Å². The number of amides is 2. The van der Waals surface area contributed by atoms with Crippen LogP contribution in [-0.2, 0) is 4.79 Å². The molecule has 0 saturated heterocycles. The molecule has 1 heterocycles. The predicted octanol–water partition coefficient (Wildman–Crippen LogP) is 1.16. The van der Waals surface area contributed by atoms with Crippen LogP contribution < -0.4 is 16.0 Å². The maximum atomic E-state index is 12.0. The maximum absolute atomic E-state index is 12.0. The van der Waals surface area contributed by atoms with Gasteiger partial charge in [-0.3, -0.25) is 14.6 Å². The number of anilines is 1. The van der Waals surface area contributed by atoms with Gasteiger partial charge in [0.05, 0.1) is 17.4 Å². The molecule has 0 bridgehead atoms. The summed E-state index contributed by atoms with van der Waals surface area (Å²) >= 11 is 0. The highest BCUT2D eigenvalue weighted by atomic mass is 16.2. The van der Waals surface area contributed by atoms with Gasteiger partial charge in [0.25, 0.3) is 5.91 Å². The molecule has 0 radical (unpaired) electrons. The third-order valence-corrected chi connectivity index (χ3v) is 2.49. The zero-order valence-corrected chi connectivity index (χ0v) is 12.4. The summed E-state index contributed by atoms with van der Waals surface area (Å²) in [5, 5.41) is 8.47. The molecule has 1 rings (SSSR count). The van der Waals surface area contributed by atoms with Gasteiger partial charge in [-0.15, -0.1) is 0 Å². The van der Waals surface area contributed by atoms with Crippen molar-refractivity contribution in [3.63, 3.8) is 0 Å². The summed E-state index contributed by atoms with van der Waals surface area (Å²) in [6, 6.07) is 1.64. The molecule has 0 aromatic carbocycles. The lowest BCUT2D eigenvalue weighted by Gasteiger charge is -2.20. The van der Waals surface area contributed by atoms with Crippen LogP contribution in [0, 0.1) is 0 Å². The highest BCUT2D eigenvalue weighted by Gasteiger charge is 2.14. The Morgan fingerprint density at radius 1 is 1.30 bits per heavy atom. The van der Waals surface area contributed by atoms with E-state index in [9.17, 15) is 9.59 Å². The minimum absolute atomic E-state index is 0.0821. The Hall–Kier alpha value is -2.11. The summed E-state index contributed by atoms with van der Waals surface area (Å²) in [5.41, 5.74) is 0.911. The van der Waals surface area contributed by atoms with Crippen LogP contribution in [0.4, 0.5) is 5.69 Å². The molecule has 0 aliphatic heterocycles. The summed E-state index contributed by atoms with van der Waals surface area (Å²) in [7, 11) is 1.73. The predicted molar refractivity (Wildman–Crippen MR) is 78.6 cm³/mol. The van der Waals surface area contributed by atoms with Gasteiger partial charge >= 0.3 is 0 Å². The van der Waals surface area contributed by atoms with Gasteiger partial charge in [0.1, 0.15) is 0 Å². The van der Waals surface area contributed by atoms with E-state index in [-0.39, 0.29) is 23.8 Å². The van der Waals surface area contributed by atoms with E-state index in [0.717, 1.165) is 0 Å². The normalized spacial score (nSPS) is 10.8. The second-order valence-electron chi connectivity index (χ2n) is 5.48. The lowest BCUT2D eigenvalue weighted by Crippen LogP contribution is -2.42. The Kier molecular flexibility index (Phi) is 5.49. The summed E-state index contributed by atoms with van der Waals surface area (Å²) in [4.78, 5) is 27.5. The quantitative estimate of drug-likeness (QED) is 0.754. The van der Waals surface area contributed by atoms with Crippen molar-refractivity contribution >= 4 is 17.5 Å². The van der Waals surface area contributed by atoms with Crippen LogP contribution in [0.25, 0.3) is 0 Å². The summed E-state index contributed by atoms with van der Waals surface area (Å²) < 4.78 is 0. The molecule has 0 saturated carbocycles. The standard InChI is InChI=1S/C14H22N4O2/c1-14(2,3)18-12(19)6-8-17-13(20)10-5-7-16-9-11(10)15-4/h5,7,9,15H,6,8H2,1-4H3,(H,17,20)(H,18,19). The van der Waals surface area contributed by atoms with Crippen LogP contribution in [0.2, 0.25) is 0 Å². The largest absolute Gasteiger partial charge is 0.386 e. The van der Waals surface area contributed by atoms with Crippen LogP contribution in [0.5, 0.6) is 0 Å². The topological polar surface area (TPSA) is 83.1 Å². The smallest absolute Gasteiger partial charge is 0.253 e. The zero-order valence-electron chi connectivity index (χ0n) is 12.4. The van der Waals surface area contributed by atoms with Crippen LogP contribution in [0.15, 0.2) is 18.5 Å². The van der Waals surface area contributed by atoms with Crippen LogP contribution in [0.1, 0.15) is 37.6 Å². The van der Waals surface area contributed by atoms with E-state index < -0.39 is 0 Å². The fourth-order valence-corrected chi connectivity index (χ4v) is 1.66. The number of aromatic nitrogens is 1. The molecule has 0 aliphatic carbocycles. The second kappa shape index (κ2) is 6.88. The van der Waals surface area contributed by atoms with Gasteiger partial charge in [0, 0.05) is 31.7 Å². The van der Waals surface area contributed by atoms with Gasteiger partial charge in [-0.25, -0.2) is 0 Å². The van der Waals surface area contributed by atoms with Crippen LogP contribution in [0.3, 0.4) is 0 Å². The first-order valence-corrected chi connectivity index (χ1v) is 6.54.